The zero-order valence-electron chi connectivity index (χ0n) is 11.1. The summed E-state index contributed by atoms with van der Waals surface area (Å²) in [6.07, 6.45) is 0.713. The predicted octanol–water partition coefficient (Wildman–Crippen LogP) is 1.38. The highest BCUT2D eigenvalue weighted by molar-refractivity contribution is 5.06. The molecule has 0 bridgehead atoms. The van der Waals surface area contributed by atoms with Crippen LogP contribution in [0.3, 0.4) is 0 Å². The average Bonchev–Trinajstić information content (AvgIpc) is 2.26. The second kappa shape index (κ2) is 5.31. The molecule has 0 aliphatic rings. The van der Waals surface area contributed by atoms with E-state index in [1.807, 2.05) is 13.8 Å². The smallest absolute Gasteiger partial charge is 0.299 e. The largest absolute Gasteiger partial charge is 0.468 e. The molecule has 1 rings (SSSR count). The summed E-state index contributed by atoms with van der Waals surface area (Å²) in [5.41, 5.74) is 0.297. The third kappa shape index (κ3) is 3.56. The van der Waals surface area contributed by atoms with E-state index >= 15 is 0 Å². The number of aryl methyl sites for hydroxylation is 1. The fourth-order valence-corrected chi connectivity index (χ4v) is 1.44. The van der Waals surface area contributed by atoms with Crippen molar-refractivity contribution in [2.24, 2.45) is 0 Å². The Bertz CT molecular complexity index is 438. The Balaban J connectivity index is 2.95. The van der Waals surface area contributed by atoms with Crippen LogP contribution in [-0.2, 0) is 11.3 Å². The van der Waals surface area contributed by atoms with Crippen LogP contribution in [0.15, 0.2) is 10.9 Å². The SMILES string of the molecule is COc1nc(C)cc(=O)n1CCC(C)(C)OC. The van der Waals surface area contributed by atoms with Crippen molar-refractivity contribution in [1.82, 2.24) is 9.55 Å². The molecule has 0 atom stereocenters. The molecule has 1 aromatic heterocycles. The lowest BCUT2D eigenvalue weighted by molar-refractivity contribution is 0.0113. The molecule has 96 valence electrons. The molecule has 5 nitrogen and oxygen atoms in total. The van der Waals surface area contributed by atoms with Crippen LogP contribution in [0, 0.1) is 6.92 Å². The van der Waals surface area contributed by atoms with Gasteiger partial charge in [-0.25, -0.2) is 4.98 Å². The van der Waals surface area contributed by atoms with E-state index in [9.17, 15) is 4.79 Å². The Kier molecular flexibility index (Phi) is 4.28. The van der Waals surface area contributed by atoms with Gasteiger partial charge in [-0.3, -0.25) is 9.36 Å². The summed E-state index contributed by atoms with van der Waals surface area (Å²) in [6.45, 7) is 6.25. The topological polar surface area (TPSA) is 53.3 Å². The van der Waals surface area contributed by atoms with Crippen LogP contribution in [0.4, 0.5) is 0 Å². The molecule has 5 heteroatoms. The summed E-state index contributed by atoms with van der Waals surface area (Å²) in [6, 6.07) is 1.85. The molecule has 1 heterocycles. The van der Waals surface area contributed by atoms with Crippen molar-refractivity contribution in [3.05, 3.63) is 22.1 Å². The molecule has 0 spiro atoms. The standard InChI is InChI=1S/C12H20N2O3/c1-9-8-10(15)14(11(13-9)16-4)7-6-12(2,3)17-5/h8H,6-7H2,1-5H3. The molecular weight excluding hydrogens is 220 g/mol. The number of aromatic nitrogens is 2. The van der Waals surface area contributed by atoms with Gasteiger partial charge >= 0.3 is 0 Å². The van der Waals surface area contributed by atoms with Crippen LogP contribution in [-0.4, -0.2) is 29.4 Å². The molecular formula is C12H20N2O3. The van der Waals surface area contributed by atoms with Crippen LogP contribution in [0.5, 0.6) is 6.01 Å². The van der Waals surface area contributed by atoms with Gasteiger partial charge in [-0.2, -0.15) is 0 Å². The van der Waals surface area contributed by atoms with Crippen molar-refractivity contribution in [3.63, 3.8) is 0 Å². The van der Waals surface area contributed by atoms with Gasteiger partial charge in [0.05, 0.1) is 12.7 Å². The van der Waals surface area contributed by atoms with Crippen LogP contribution in [0.1, 0.15) is 26.0 Å². The second-order valence-electron chi connectivity index (χ2n) is 4.59. The number of hydrogen-bond acceptors (Lipinski definition) is 4. The minimum Gasteiger partial charge on any atom is -0.468 e. The lowest BCUT2D eigenvalue weighted by atomic mass is 10.1. The zero-order valence-corrected chi connectivity index (χ0v) is 11.1. The number of ether oxygens (including phenoxy) is 2. The first-order valence-corrected chi connectivity index (χ1v) is 5.57. The van der Waals surface area contributed by atoms with Gasteiger partial charge in [0.2, 0.25) is 0 Å². The normalized spacial score (nSPS) is 11.6. The number of rotatable bonds is 5. The molecule has 0 N–H and O–H groups in total. The molecule has 0 fully saturated rings. The third-order valence-corrected chi connectivity index (χ3v) is 2.77. The maximum Gasteiger partial charge on any atom is 0.299 e. The molecule has 0 unspecified atom stereocenters. The quantitative estimate of drug-likeness (QED) is 0.780. The van der Waals surface area contributed by atoms with Gasteiger partial charge in [0, 0.05) is 25.4 Å². The van der Waals surface area contributed by atoms with Crippen LogP contribution >= 0.6 is 0 Å². The van der Waals surface area contributed by atoms with E-state index in [1.165, 1.54) is 17.7 Å². The Hall–Kier alpha value is -1.36. The van der Waals surface area contributed by atoms with Crippen LogP contribution < -0.4 is 10.3 Å². The summed E-state index contributed by atoms with van der Waals surface area (Å²) in [4.78, 5) is 16.0. The second-order valence-corrected chi connectivity index (χ2v) is 4.59. The molecule has 0 radical (unpaired) electrons. The Morgan fingerprint density at radius 1 is 1.41 bits per heavy atom. The van der Waals surface area contributed by atoms with Gasteiger partial charge in [-0.1, -0.05) is 0 Å². The van der Waals surface area contributed by atoms with Crippen molar-refractivity contribution in [3.8, 4) is 6.01 Å². The van der Waals surface area contributed by atoms with E-state index in [4.69, 9.17) is 9.47 Å². The first-order chi connectivity index (χ1) is 7.89. The van der Waals surface area contributed by atoms with Crippen molar-refractivity contribution in [1.29, 1.82) is 0 Å². The van der Waals surface area contributed by atoms with Gasteiger partial charge < -0.3 is 9.47 Å². The summed E-state index contributed by atoms with van der Waals surface area (Å²) in [5, 5.41) is 0. The molecule has 1 aromatic rings. The van der Waals surface area contributed by atoms with Crippen LogP contribution in [0.2, 0.25) is 0 Å². The highest BCUT2D eigenvalue weighted by Gasteiger charge is 2.18. The highest BCUT2D eigenvalue weighted by atomic mass is 16.5. The number of hydrogen-bond donors (Lipinski definition) is 0. The van der Waals surface area contributed by atoms with Crippen molar-refractivity contribution < 1.29 is 9.47 Å². The van der Waals surface area contributed by atoms with Gasteiger partial charge in [0.15, 0.2) is 0 Å². The van der Waals surface area contributed by atoms with Gasteiger partial charge in [0.25, 0.3) is 11.6 Å². The first kappa shape index (κ1) is 13.7. The molecule has 0 aliphatic heterocycles. The maximum absolute atomic E-state index is 11.8. The monoisotopic (exact) mass is 240 g/mol. The lowest BCUT2D eigenvalue weighted by Gasteiger charge is -2.23. The van der Waals surface area contributed by atoms with Crippen molar-refractivity contribution >= 4 is 0 Å². The van der Waals surface area contributed by atoms with Crippen molar-refractivity contribution in [2.75, 3.05) is 14.2 Å². The molecule has 0 amide bonds. The Morgan fingerprint density at radius 2 is 2.06 bits per heavy atom. The minimum absolute atomic E-state index is 0.0961. The molecule has 17 heavy (non-hydrogen) atoms. The summed E-state index contributed by atoms with van der Waals surface area (Å²) >= 11 is 0. The zero-order chi connectivity index (χ0) is 13.1. The van der Waals surface area contributed by atoms with Gasteiger partial charge in [-0.15, -0.1) is 0 Å². The lowest BCUT2D eigenvalue weighted by Crippen LogP contribution is -2.29. The summed E-state index contributed by atoms with van der Waals surface area (Å²) < 4.78 is 12.0. The Labute approximate surface area is 101 Å². The molecule has 0 saturated heterocycles. The number of methoxy groups -OCH3 is 2. The van der Waals surface area contributed by atoms with E-state index < -0.39 is 0 Å². The van der Waals surface area contributed by atoms with E-state index in [1.54, 1.807) is 14.0 Å². The first-order valence-electron chi connectivity index (χ1n) is 5.57. The van der Waals surface area contributed by atoms with E-state index in [-0.39, 0.29) is 11.2 Å². The Morgan fingerprint density at radius 3 is 2.59 bits per heavy atom. The fourth-order valence-electron chi connectivity index (χ4n) is 1.44. The minimum atomic E-state index is -0.269. The third-order valence-electron chi connectivity index (χ3n) is 2.77. The van der Waals surface area contributed by atoms with Gasteiger partial charge in [-0.05, 0) is 27.2 Å². The van der Waals surface area contributed by atoms with Crippen molar-refractivity contribution in [2.45, 2.75) is 39.3 Å². The average molecular weight is 240 g/mol. The fraction of sp³-hybridized carbons (Fsp3) is 0.667. The van der Waals surface area contributed by atoms with E-state index in [0.717, 1.165) is 0 Å². The molecule has 0 aliphatic carbocycles. The van der Waals surface area contributed by atoms with E-state index in [0.29, 0.717) is 24.7 Å². The van der Waals surface area contributed by atoms with Gasteiger partial charge in [0.1, 0.15) is 0 Å². The number of nitrogens with zero attached hydrogens (tertiary/aromatic N) is 2. The van der Waals surface area contributed by atoms with Crippen LogP contribution in [0.25, 0.3) is 0 Å². The predicted molar refractivity (Wildman–Crippen MR) is 65.5 cm³/mol. The highest BCUT2D eigenvalue weighted by Crippen LogP contribution is 2.15. The van der Waals surface area contributed by atoms with E-state index in [2.05, 4.69) is 4.98 Å². The molecule has 0 aromatic carbocycles. The maximum atomic E-state index is 11.8. The summed E-state index contributed by atoms with van der Waals surface area (Å²) in [7, 11) is 3.17. The summed E-state index contributed by atoms with van der Waals surface area (Å²) in [5.74, 6) is 0. The molecule has 0 saturated carbocycles.